The normalized spacial score (nSPS) is 17.4. The van der Waals surface area contributed by atoms with E-state index in [-0.39, 0.29) is 11.9 Å². The summed E-state index contributed by atoms with van der Waals surface area (Å²) in [6.07, 6.45) is -0.182. The maximum atomic E-state index is 12.1. The van der Waals surface area contributed by atoms with Crippen LogP contribution < -0.4 is 4.90 Å². The molecular formula is C21H22ClN3O2. The average Bonchev–Trinajstić information content (AvgIpc) is 3.16. The highest BCUT2D eigenvalue weighted by Gasteiger charge is 2.32. The summed E-state index contributed by atoms with van der Waals surface area (Å²) in [5.41, 5.74) is 2.51. The molecule has 1 N–H and O–H groups in total. The Morgan fingerprint density at radius 1 is 1.37 bits per heavy atom. The predicted octanol–water partition coefficient (Wildman–Crippen LogP) is 3.20. The lowest BCUT2D eigenvalue weighted by atomic mass is 10.1. The Morgan fingerprint density at radius 3 is 2.74 bits per heavy atom. The van der Waals surface area contributed by atoms with Crippen LogP contribution in [-0.2, 0) is 11.3 Å². The van der Waals surface area contributed by atoms with Crippen LogP contribution in [0.2, 0.25) is 5.02 Å². The standard InChI is InChI=1S/C21H22ClN3O2/c1-15(26)21(27)24-10-9-19(14-24)25(13-16-5-3-2-4-6-16)18-8-7-17(12-23)20(22)11-18/h2-8,11,15,19,26H,9-10,13-14H2,1H3/t15?,19-/m0/s1. The summed E-state index contributed by atoms with van der Waals surface area (Å²) >= 11 is 6.26. The van der Waals surface area contributed by atoms with Crippen molar-refractivity contribution in [2.45, 2.75) is 32.0 Å². The molecule has 0 aliphatic carbocycles. The summed E-state index contributed by atoms with van der Waals surface area (Å²) in [6.45, 7) is 3.33. The molecule has 1 amide bonds. The monoisotopic (exact) mass is 383 g/mol. The number of carbonyl (C=O) groups excluding carboxylic acids is 1. The molecule has 0 spiro atoms. The smallest absolute Gasteiger partial charge is 0.251 e. The molecule has 2 aromatic rings. The summed E-state index contributed by atoms with van der Waals surface area (Å²) in [6, 6.07) is 17.7. The molecule has 6 heteroatoms. The first-order valence-electron chi connectivity index (χ1n) is 8.96. The van der Waals surface area contributed by atoms with E-state index in [1.54, 1.807) is 11.0 Å². The maximum Gasteiger partial charge on any atom is 0.251 e. The van der Waals surface area contributed by atoms with E-state index in [4.69, 9.17) is 16.9 Å². The Labute approximate surface area is 164 Å². The van der Waals surface area contributed by atoms with Crippen molar-refractivity contribution >= 4 is 23.2 Å². The van der Waals surface area contributed by atoms with E-state index in [2.05, 4.69) is 23.1 Å². The van der Waals surface area contributed by atoms with Crippen molar-refractivity contribution in [1.29, 1.82) is 5.26 Å². The lowest BCUT2D eigenvalue weighted by molar-refractivity contribution is -0.138. The number of halogens is 1. The highest BCUT2D eigenvalue weighted by atomic mass is 35.5. The highest BCUT2D eigenvalue weighted by Crippen LogP contribution is 2.29. The number of nitrogens with zero attached hydrogens (tertiary/aromatic N) is 3. The molecule has 1 saturated heterocycles. The van der Waals surface area contributed by atoms with Crippen molar-refractivity contribution in [2.75, 3.05) is 18.0 Å². The van der Waals surface area contributed by atoms with E-state index >= 15 is 0 Å². The van der Waals surface area contributed by atoms with Crippen LogP contribution in [0.4, 0.5) is 5.69 Å². The van der Waals surface area contributed by atoms with Crippen LogP contribution in [0.15, 0.2) is 48.5 Å². The van der Waals surface area contributed by atoms with Gasteiger partial charge in [-0.05, 0) is 37.1 Å². The highest BCUT2D eigenvalue weighted by molar-refractivity contribution is 6.32. The van der Waals surface area contributed by atoms with Gasteiger partial charge in [-0.3, -0.25) is 4.79 Å². The number of amides is 1. The van der Waals surface area contributed by atoms with E-state index in [0.29, 0.717) is 30.2 Å². The van der Waals surface area contributed by atoms with E-state index in [1.807, 2.05) is 30.3 Å². The van der Waals surface area contributed by atoms with Crippen LogP contribution in [-0.4, -0.2) is 41.1 Å². The van der Waals surface area contributed by atoms with Crippen LogP contribution in [0, 0.1) is 11.3 Å². The fourth-order valence-corrected chi connectivity index (χ4v) is 3.66. The molecule has 1 fully saturated rings. The van der Waals surface area contributed by atoms with Gasteiger partial charge in [0, 0.05) is 31.4 Å². The minimum atomic E-state index is -0.990. The fraction of sp³-hybridized carbons (Fsp3) is 0.333. The second-order valence-corrected chi connectivity index (χ2v) is 7.20. The molecule has 0 radical (unpaired) electrons. The Bertz CT molecular complexity index is 848. The zero-order valence-corrected chi connectivity index (χ0v) is 15.9. The third-order valence-electron chi connectivity index (χ3n) is 4.87. The Hall–Kier alpha value is -2.55. The molecule has 2 atom stereocenters. The van der Waals surface area contributed by atoms with Crippen LogP contribution in [0.25, 0.3) is 0 Å². The van der Waals surface area contributed by atoms with Crippen molar-refractivity contribution in [3.8, 4) is 6.07 Å². The Morgan fingerprint density at radius 2 is 2.11 bits per heavy atom. The van der Waals surface area contributed by atoms with Gasteiger partial charge in [0.2, 0.25) is 0 Å². The SMILES string of the molecule is CC(O)C(=O)N1CC[C@H](N(Cc2ccccc2)c2ccc(C#N)c(Cl)c2)C1. The molecule has 1 heterocycles. The second kappa shape index (κ2) is 8.43. The number of nitriles is 1. The number of anilines is 1. The molecule has 1 aliphatic heterocycles. The van der Waals surface area contributed by atoms with Crippen molar-refractivity contribution in [3.05, 3.63) is 64.7 Å². The average molecular weight is 384 g/mol. The predicted molar refractivity (Wildman–Crippen MR) is 105 cm³/mol. The molecule has 27 heavy (non-hydrogen) atoms. The van der Waals surface area contributed by atoms with Crippen molar-refractivity contribution in [1.82, 2.24) is 4.90 Å². The summed E-state index contributed by atoms with van der Waals surface area (Å²) in [5, 5.41) is 19.1. The molecular weight excluding hydrogens is 362 g/mol. The molecule has 2 aromatic carbocycles. The van der Waals surface area contributed by atoms with E-state index in [0.717, 1.165) is 17.7 Å². The number of aliphatic hydroxyl groups is 1. The first-order valence-corrected chi connectivity index (χ1v) is 9.34. The summed E-state index contributed by atoms with van der Waals surface area (Å²) < 4.78 is 0. The van der Waals surface area contributed by atoms with E-state index in [1.165, 1.54) is 6.92 Å². The molecule has 140 valence electrons. The number of rotatable bonds is 5. The molecule has 1 aliphatic rings. The minimum absolute atomic E-state index is 0.108. The van der Waals surface area contributed by atoms with Gasteiger partial charge in [-0.1, -0.05) is 41.9 Å². The zero-order chi connectivity index (χ0) is 19.4. The number of benzene rings is 2. The van der Waals surface area contributed by atoms with Gasteiger partial charge in [0.05, 0.1) is 10.6 Å². The zero-order valence-electron chi connectivity index (χ0n) is 15.2. The number of likely N-dealkylation sites (tertiary alicyclic amines) is 1. The summed E-state index contributed by atoms with van der Waals surface area (Å²) in [7, 11) is 0. The van der Waals surface area contributed by atoms with Crippen LogP contribution in [0.5, 0.6) is 0 Å². The molecule has 0 bridgehead atoms. The van der Waals surface area contributed by atoms with Crippen molar-refractivity contribution < 1.29 is 9.90 Å². The fourth-order valence-electron chi connectivity index (χ4n) is 3.45. The van der Waals surface area contributed by atoms with Crippen molar-refractivity contribution in [2.24, 2.45) is 0 Å². The van der Waals surface area contributed by atoms with Gasteiger partial charge in [0.25, 0.3) is 5.91 Å². The van der Waals surface area contributed by atoms with E-state index < -0.39 is 6.10 Å². The molecule has 3 rings (SSSR count). The van der Waals surface area contributed by atoms with Gasteiger partial charge >= 0.3 is 0 Å². The number of hydrogen-bond acceptors (Lipinski definition) is 4. The van der Waals surface area contributed by atoms with Crippen molar-refractivity contribution in [3.63, 3.8) is 0 Å². The lowest BCUT2D eigenvalue weighted by Crippen LogP contribution is -2.41. The Kier molecular flexibility index (Phi) is 6.00. The Balaban J connectivity index is 1.88. The molecule has 1 unspecified atom stereocenters. The van der Waals surface area contributed by atoms with Gasteiger partial charge in [-0.15, -0.1) is 0 Å². The first kappa shape index (κ1) is 19.2. The minimum Gasteiger partial charge on any atom is -0.384 e. The van der Waals surface area contributed by atoms with Crippen LogP contribution in [0.3, 0.4) is 0 Å². The summed E-state index contributed by atoms with van der Waals surface area (Å²) in [4.78, 5) is 16.1. The van der Waals surface area contributed by atoms with Gasteiger partial charge in [-0.25, -0.2) is 0 Å². The largest absolute Gasteiger partial charge is 0.384 e. The van der Waals surface area contributed by atoms with Gasteiger partial charge in [0.15, 0.2) is 0 Å². The van der Waals surface area contributed by atoms with Gasteiger partial charge < -0.3 is 14.9 Å². The third kappa shape index (κ3) is 4.41. The molecule has 0 saturated carbocycles. The van der Waals surface area contributed by atoms with Crippen LogP contribution >= 0.6 is 11.6 Å². The third-order valence-corrected chi connectivity index (χ3v) is 5.19. The van der Waals surface area contributed by atoms with Gasteiger partial charge in [0.1, 0.15) is 12.2 Å². The number of hydrogen-bond donors (Lipinski definition) is 1. The van der Waals surface area contributed by atoms with Crippen LogP contribution in [0.1, 0.15) is 24.5 Å². The summed E-state index contributed by atoms with van der Waals surface area (Å²) in [5.74, 6) is -0.241. The van der Waals surface area contributed by atoms with Gasteiger partial charge in [-0.2, -0.15) is 5.26 Å². The maximum absolute atomic E-state index is 12.1. The number of carbonyl (C=O) groups is 1. The second-order valence-electron chi connectivity index (χ2n) is 6.79. The molecule has 5 nitrogen and oxygen atoms in total. The number of aliphatic hydroxyl groups excluding tert-OH is 1. The molecule has 0 aromatic heterocycles. The van der Waals surface area contributed by atoms with E-state index in [9.17, 15) is 9.90 Å². The topological polar surface area (TPSA) is 67.6 Å². The quantitative estimate of drug-likeness (QED) is 0.860. The first-order chi connectivity index (χ1) is 13.0. The lowest BCUT2D eigenvalue weighted by Gasteiger charge is -2.32.